The zero-order valence-electron chi connectivity index (χ0n) is 10.2. The average Bonchev–Trinajstić information content (AvgIpc) is 2.76. The molecular formula is C13H15N3OS. The molecule has 5 heteroatoms. The molecule has 2 rings (SSSR count). The van der Waals surface area contributed by atoms with Crippen molar-refractivity contribution >= 4 is 17.2 Å². The SMILES string of the molecule is Cn1nccc1CCOc1ccccc1C(N)=S. The van der Waals surface area contributed by atoms with E-state index in [1.807, 2.05) is 42.1 Å². The second-order valence-electron chi connectivity index (χ2n) is 3.91. The van der Waals surface area contributed by atoms with Crippen LogP contribution < -0.4 is 10.5 Å². The van der Waals surface area contributed by atoms with Gasteiger partial charge in [-0.15, -0.1) is 0 Å². The third kappa shape index (κ3) is 2.87. The van der Waals surface area contributed by atoms with Gasteiger partial charge in [0.15, 0.2) is 0 Å². The maximum atomic E-state index is 5.72. The summed E-state index contributed by atoms with van der Waals surface area (Å²) in [6.07, 6.45) is 2.57. The summed E-state index contributed by atoms with van der Waals surface area (Å²) in [4.78, 5) is 0.353. The molecule has 1 heterocycles. The molecule has 0 amide bonds. The van der Waals surface area contributed by atoms with Crippen LogP contribution in [0, 0.1) is 0 Å². The van der Waals surface area contributed by atoms with E-state index in [9.17, 15) is 0 Å². The van der Waals surface area contributed by atoms with E-state index in [0.717, 1.165) is 23.4 Å². The number of nitrogens with two attached hydrogens (primary N) is 1. The summed E-state index contributed by atoms with van der Waals surface area (Å²) >= 11 is 4.98. The largest absolute Gasteiger partial charge is 0.492 e. The van der Waals surface area contributed by atoms with Crippen LogP contribution in [0.1, 0.15) is 11.3 Å². The van der Waals surface area contributed by atoms with Crippen molar-refractivity contribution in [3.63, 3.8) is 0 Å². The van der Waals surface area contributed by atoms with Crippen molar-refractivity contribution in [3.05, 3.63) is 47.8 Å². The lowest BCUT2D eigenvalue weighted by molar-refractivity contribution is 0.318. The number of para-hydroxylation sites is 1. The van der Waals surface area contributed by atoms with Crippen molar-refractivity contribution < 1.29 is 4.74 Å². The molecule has 0 unspecified atom stereocenters. The molecule has 1 aromatic carbocycles. The number of hydrogen-bond donors (Lipinski definition) is 1. The molecule has 0 aliphatic heterocycles. The van der Waals surface area contributed by atoms with Crippen LogP contribution in [0.15, 0.2) is 36.5 Å². The summed E-state index contributed by atoms with van der Waals surface area (Å²) in [5.41, 5.74) is 7.55. The monoisotopic (exact) mass is 261 g/mol. The molecule has 0 saturated heterocycles. The van der Waals surface area contributed by atoms with Crippen LogP contribution in [0.3, 0.4) is 0 Å². The van der Waals surface area contributed by atoms with Crippen LogP contribution in [0.4, 0.5) is 0 Å². The van der Waals surface area contributed by atoms with E-state index in [2.05, 4.69) is 5.10 Å². The van der Waals surface area contributed by atoms with Gasteiger partial charge >= 0.3 is 0 Å². The molecule has 94 valence electrons. The third-order valence-corrected chi connectivity index (χ3v) is 2.91. The summed E-state index contributed by atoms with van der Waals surface area (Å²) in [7, 11) is 1.91. The van der Waals surface area contributed by atoms with Gasteiger partial charge in [0.1, 0.15) is 10.7 Å². The molecule has 0 saturated carbocycles. The zero-order chi connectivity index (χ0) is 13.0. The lowest BCUT2D eigenvalue weighted by Gasteiger charge is -2.10. The van der Waals surface area contributed by atoms with Gasteiger partial charge in [-0.1, -0.05) is 24.4 Å². The van der Waals surface area contributed by atoms with Gasteiger partial charge in [-0.2, -0.15) is 5.10 Å². The van der Waals surface area contributed by atoms with Gasteiger partial charge in [0.05, 0.1) is 12.2 Å². The Morgan fingerprint density at radius 1 is 1.39 bits per heavy atom. The van der Waals surface area contributed by atoms with Gasteiger partial charge in [0.25, 0.3) is 0 Å². The number of thiocarbonyl (C=S) groups is 1. The van der Waals surface area contributed by atoms with Crippen molar-refractivity contribution in [1.29, 1.82) is 0 Å². The highest BCUT2D eigenvalue weighted by molar-refractivity contribution is 7.80. The summed E-state index contributed by atoms with van der Waals surface area (Å²) in [6, 6.07) is 9.51. The fourth-order valence-corrected chi connectivity index (χ4v) is 1.88. The van der Waals surface area contributed by atoms with Crippen LogP contribution in [0.25, 0.3) is 0 Å². The van der Waals surface area contributed by atoms with E-state index in [1.165, 1.54) is 0 Å². The number of benzene rings is 1. The molecule has 0 aliphatic carbocycles. The Morgan fingerprint density at radius 2 is 2.17 bits per heavy atom. The van der Waals surface area contributed by atoms with Crippen LogP contribution >= 0.6 is 12.2 Å². The van der Waals surface area contributed by atoms with E-state index in [1.54, 1.807) is 6.20 Å². The van der Waals surface area contributed by atoms with E-state index in [4.69, 9.17) is 22.7 Å². The van der Waals surface area contributed by atoms with Crippen molar-refractivity contribution in [1.82, 2.24) is 9.78 Å². The molecule has 0 bridgehead atoms. The summed E-state index contributed by atoms with van der Waals surface area (Å²) in [5.74, 6) is 0.729. The van der Waals surface area contributed by atoms with E-state index < -0.39 is 0 Å². The summed E-state index contributed by atoms with van der Waals surface area (Å²) in [6.45, 7) is 0.569. The highest BCUT2D eigenvalue weighted by Crippen LogP contribution is 2.17. The molecule has 2 N–H and O–H groups in total. The first-order valence-corrected chi connectivity index (χ1v) is 6.08. The fraction of sp³-hybridized carbons (Fsp3) is 0.231. The minimum atomic E-state index is 0.353. The zero-order valence-corrected chi connectivity index (χ0v) is 11.0. The predicted molar refractivity (Wildman–Crippen MR) is 74.7 cm³/mol. The Hall–Kier alpha value is -1.88. The van der Waals surface area contributed by atoms with Crippen molar-refractivity contribution in [2.75, 3.05) is 6.61 Å². The van der Waals surface area contributed by atoms with Gasteiger partial charge in [-0.05, 0) is 18.2 Å². The Bertz CT molecular complexity index is 551. The Kier molecular flexibility index (Phi) is 3.94. The molecule has 0 radical (unpaired) electrons. The molecule has 0 spiro atoms. The quantitative estimate of drug-likeness (QED) is 0.832. The smallest absolute Gasteiger partial charge is 0.129 e. The van der Waals surface area contributed by atoms with Crippen LogP contribution in [0.5, 0.6) is 5.75 Å². The normalized spacial score (nSPS) is 10.3. The lowest BCUT2D eigenvalue weighted by atomic mass is 10.2. The summed E-state index contributed by atoms with van der Waals surface area (Å²) in [5, 5.41) is 4.11. The van der Waals surface area contributed by atoms with E-state index in [0.29, 0.717) is 11.6 Å². The van der Waals surface area contributed by atoms with Gasteiger partial charge in [-0.3, -0.25) is 4.68 Å². The number of aromatic nitrogens is 2. The first kappa shape index (κ1) is 12.6. The molecule has 0 atom stereocenters. The van der Waals surface area contributed by atoms with Gasteiger partial charge in [-0.25, -0.2) is 0 Å². The standard InChI is InChI=1S/C13H15N3OS/c1-16-10(6-8-15-16)7-9-17-12-5-3-2-4-11(12)13(14)18/h2-6,8H,7,9H2,1H3,(H2,14,18). The second kappa shape index (κ2) is 5.64. The number of hydrogen-bond acceptors (Lipinski definition) is 3. The Balaban J connectivity index is 1.99. The number of rotatable bonds is 5. The Labute approximate surface area is 111 Å². The number of aryl methyl sites for hydroxylation is 1. The average molecular weight is 261 g/mol. The highest BCUT2D eigenvalue weighted by Gasteiger charge is 2.05. The topological polar surface area (TPSA) is 53.1 Å². The Morgan fingerprint density at radius 3 is 2.83 bits per heavy atom. The fourth-order valence-electron chi connectivity index (χ4n) is 1.71. The number of nitrogens with zero attached hydrogens (tertiary/aromatic N) is 2. The van der Waals surface area contributed by atoms with Crippen LogP contribution in [-0.4, -0.2) is 21.4 Å². The van der Waals surface area contributed by atoms with Crippen LogP contribution in [0.2, 0.25) is 0 Å². The van der Waals surface area contributed by atoms with Crippen molar-refractivity contribution in [3.8, 4) is 5.75 Å². The predicted octanol–water partition coefficient (Wildman–Crippen LogP) is 1.68. The van der Waals surface area contributed by atoms with Crippen molar-refractivity contribution in [2.45, 2.75) is 6.42 Å². The van der Waals surface area contributed by atoms with Crippen molar-refractivity contribution in [2.24, 2.45) is 12.8 Å². The molecule has 18 heavy (non-hydrogen) atoms. The third-order valence-electron chi connectivity index (χ3n) is 2.69. The minimum absolute atomic E-state index is 0.353. The molecule has 2 aromatic rings. The molecule has 1 aromatic heterocycles. The molecule has 4 nitrogen and oxygen atoms in total. The van der Waals surface area contributed by atoms with Crippen LogP contribution in [-0.2, 0) is 13.5 Å². The highest BCUT2D eigenvalue weighted by atomic mass is 32.1. The molecular weight excluding hydrogens is 246 g/mol. The molecule has 0 fully saturated rings. The van der Waals surface area contributed by atoms with Gasteiger partial charge in [0.2, 0.25) is 0 Å². The first-order valence-electron chi connectivity index (χ1n) is 5.67. The minimum Gasteiger partial charge on any atom is -0.492 e. The first-order chi connectivity index (χ1) is 8.68. The lowest BCUT2D eigenvalue weighted by Crippen LogP contribution is -2.13. The summed E-state index contributed by atoms with van der Waals surface area (Å²) < 4.78 is 7.55. The second-order valence-corrected chi connectivity index (χ2v) is 4.34. The maximum absolute atomic E-state index is 5.72. The van der Waals surface area contributed by atoms with E-state index in [-0.39, 0.29) is 0 Å². The maximum Gasteiger partial charge on any atom is 0.129 e. The molecule has 0 aliphatic rings. The number of ether oxygens (including phenoxy) is 1. The van der Waals surface area contributed by atoms with Gasteiger partial charge in [0, 0.05) is 25.4 Å². The van der Waals surface area contributed by atoms with Gasteiger partial charge < -0.3 is 10.5 Å². The van der Waals surface area contributed by atoms with E-state index >= 15 is 0 Å².